The summed E-state index contributed by atoms with van der Waals surface area (Å²) in [4.78, 5) is 0. The van der Waals surface area contributed by atoms with E-state index < -0.39 is 0 Å². The van der Waals surface area contributed by atoms with E-state index in [0.717, 1.165) is 6.42 Å². The van der Waals surface area contributed by atoms with Gasteiger partial charge < -0.3 is 0 Å². The van der Waals surface area contributed by atoms with E-state index in [9.17, 15) is 0 Å². The maximum Gasteiger partial charge on any atom is -0.0109 e. The van der Waals surface area contributed by atoms with Crippen LogP contribution in [0.4, 0.5) is 0 Å². The van der Waals surface area contributed by atoms with Crippen LogP contribution in [0.3, 0.4) is 0 Å². The molecule has 0 heterocycles. The Balaban J connectivity index is 1.97. The fourth-order valence-electron chi connectivity index (χ4n) is 3.01. The van der Waals surface area contributed by atoms with Gasteiger partial charge in [-0.1, -0.05) is 104 Å². The molecular weight excluding hydrogens is 288 g/mol. The maximum atomic E-state index is 2.27. The zero-order chi connectivity index (χ0) is 16.6. The van der Waals surface area contributed by atoms with Crippen molar-refractivity contribution < 1.29 is 0 Å². The molecule has 0 aliphatic carbocycles. The van der Waals surface area contributed by atoms with Gasteiger partial charge in [-0.2, -0.15) is 0 Å². The van der Waals surface area contributed by atoms with Crippen LogP contribution in [0.15, 0.2) is 78.9 Å². The van der Waals surface area contributed by atoms with Gasteiger partial charge in [-0.05, 0) is 40.7 Å². The largest absolute Gasteiger partial charge is 0.0654 e. The molecule has 0 N–H and O–H groups in total. The molecule has 0 saturated heterocycles. The molecule has 3 aromatic rings. The Bertz CT molecular complexity index is 797. The minimum atomic E-state index is 1.14. The second kappa shape index (κ2) is 8.31. The van der Waals surface area contributed by atoms with Crippen molar-refractivity contribution >= 4 is 12.2 Å². The summed E-state index contributed by atoms with van der Waals surface area (Å²) < 4.78 is 0. The quantitative estimate of drug-likeness (QED) is 0.436. The van der Waals surface area contributed by atoms with Crippen LogP contribution in [0.1, 0.15) is 36.5 Å². The van der Waals surface area contributed by atoms with Gasteiger partial charge in [-0.3, -0.25) is 0 Å². The highest BCUT2D eigenvalue weighted by Gasteiger charge is 2.07. The SMILES string of the molecule is CCCCc1ccccc1-c1ccccc1/C=C/c1ccccc1. The first-order valence-corrected chi connectivity index (χ1v) is 8.79. The summed E-state index contributed by atoms with van der Waals surface area (Å²) in [5.74, 6) is 0. The lowest BCUT2D eigenvalue weighted by molar-refractivity contribution is 0.796. The summed E-state index contributed by atoms with van der Waals surface area (Å²) in [5, 5.41) is 0. The van der Waals surface area contributed by atoms with Gasteiger partial charge in [-0.25, -0.2) is 0 Å². The number of unbranched alkanes of at least 4 members (excludes halogenated alkanes) is 1. The van der Waals surface area contributed by atoms with E-state index in [0.29, 0.717) is 0 Å². The number of benzene rings is 3. The first-order chi connectivity index (χ1) is 11.9. The van der Waals surface area contributed by atoms with Crippen LogP contribution < -0.4 is 0 Å². The normalized spacial score (nSPS) is 11.0. The highest BCUT2D eigenvalue weighted by molar-refractivity contribution is 5.82. The Hall–Kier alpha value is -2.60. The molecule has 0 nitrogen and oxygen atoms in total. The molecule has 3 rings (SSSR count). The summed E-state index contributed by atoms with van der Waals surface area (Å²) in [6.45, 7) is 2.25. The molecule has 0 atom stereocenters. The molecule has 0 aliphatic rings. The molecule has 24 heavy (non-hydrogen) atoms. The number of hydrogen-bond acceptors (Lipinski definition) is 0. The van der Waals surface area contributed by atoms with Gasteiger partial charge >= 0.3 is 0 Å². The van der Waals surface area contributed by atoms with Gasteiger partial charge in [0.2, 0.25) is 0 Å². The Morgan fingerprint density at radius 2 is 1.33 bits per heavy atom. The lowest BCUT2D eigenvalue weighted by Gasteiger charge is -2.12. The zero-order valence-electron chi connectivity index (χ0n) is 14.3. The van der Waals surface area contributed by atoms with E-state index in [1.54, 1.807) is 0 Å². The molecule has 0 saturated carbocycles. The van der Waals surface area contributed by atoms with Crippen molar-refractivity contribution in [2.45, 2.75) is 26.2 Å². The first kappa shape index (κ1) is 16.3. The summed E-state index contributed by atoms with van der Waals surface area (Å²) in [6.07, 6.45) is 8.01. The van der Waals surface area contributed by atoms with E-state index in [4.69, 9.17) is 0 Å². The van der Waals surface area contributed by atoms with Gasteiger partial charge in [-0.15, -0.1) is 0 Å². The number of aryl methyl sites for hydroxylation is 1. The molecular formula is C24H24. The predicted octanol–water partition coefficient (Wildman–Crippen LogP) is 6.87. The van der Waals surface area contributed by atoms with Crippen LogP contribution in [0, 0.1) is 0 Å². The first-order valence-electron chi connectivity index (χ1n) is 8.79. The van der Waals surface area contributed by atoms with Crippen molar-refractivity contribution in [2.75, 3.05) is 0 Å². The molecule has 0 unspecified atom stereocenters. The average molecular weight is 312 g/mol. The van der Waals surface area contributed by atoms with Crippen molar-refractivity contribution in [2.24, 2.45) is 0 Å². The molecule has 3 aromatic carbocycles. The predicted molar refractivity (Wildman–Crippen MR) is 106 cm³/mol. The third-order valence-electron chi connectivity index (χ3n) is 4.32. The maximum absolute atomic E-state index is 2.27. The molecule has 0 aromatic heterocycles. The molecule has 120 valence electrons. The Morgan fingerprint density at radius 1 is 0.667 bits per heavy atom. The lowest BCUT2D eigenvalue weighted by Crippen LogP contribution is -1.92. The van der Waals surface area contributed by atoms with Crippen molar-refractivity contribution in [3.05, 3.63) is 95.6 Å². The van der Waals surface area contributed by atoms with E-state index in [1.165, 1.54) is 40.7 Å². The van der Waals surface area contributed by atoms with Gasteiger partial charge in [0, 0.05) is 0 Å². The van der Waals surface area contributed by atoms with E-state index in [-0.39, 0.29) is 0 Å². The highest BCUT2D eigenvalue weighted by Crippen LogP contribution is 2.29. The van der Waals surface area contributed by atoms with E-state index in [1.807, 2.05) is 0 Å². The summed E-state index contributed by atoms with van der Waals surface area (Å²) in [6, 6.07) is 28.0. The minimum Gasteiger partial charge on any atom is -0.0654 e. The monoisotopic (exact) mass is 312 g/mol. The fourth-order valence-corrected chi connectivity index (χ4v) is 3.01. The minimum absolute atomic E-state index is 1.14. The van der Waals surface area contributed by atoms with E-state index >= 15 is 0 Å². The third-order valence-corrected chi connectivity index (χ3v) is 4.32. The van der Waals surface area contributed by atoms with Crippen LogP contribution in [0.25, 0.3) is 23.3 Å². The third kappa shape index (κ3) is 4.02. The topological polar surface area (TPSA) is 0 Å². The molecule has 0 amide bonds. The Labute approximate surface area is 145 Å². The van der Waals surface area contributed by atoms with Crippen LogP contribution in [-0.4, -0.2) is 0 Å². The highest BCUT2D eigenvalue weighted by atomic mass is 14.1. The average Bonchev–Trinajstić information content (AvgIpc) is 2.66. The van der Waals surface area contributed by atoms with Crippen molar-refractivity contribution in [1.29, 1.82) is 0 Å². The van der Waals surface area contributed by atoms with Crippen LogP contribution in [0.2, 0.25) is 0 Å². The fraction of sp³-hybridized carbons (Fsp3) is 0.167. The van der Waals surface area contributed by atoms with Gasteiger partial charge in [0.1, 0.15) is 0 Å². The van der Waals surface area contributed by atoms with E-state index in [2.05, 4.69) is 97.9 Å². The summed E-state index contributed by atoms with van der Waals surface area (Å²) in [5.41, 5.74) is 6.62. The Morgan fingerprint density at radius 3 is 2.12 bits per heavy atom. The lowest BCUT2D eigenvalue weighted by atomic mass is 9.92. The number of hydrogen-bond donors (Lipinski definition) is 0. The van der Waals surface area contributed by atoms with Gasteiger partial charge in [0.25, 0.3) is 0 Å². The molecule has 0 heteroatoms. The van der Waals surface area contributed by atoms with Crippen LogP contribution in [0.5, 0.6) is 0 Å². The molecule has 0 radical (unpaired) electrons. The molecule has 0 spiro atoms. The van der Waals surface area contributed by atoms with Crippen molar-refractivity contribution in [3.63, 3.8) is 0 Å². The van der Waals surface area contributed by atoms with Gasteiger partial charge in [0.15, 0.2) is 0 Å². The van der Waals surface area contributed by atoms with Crippen LogP contribution in [-0.2, 0) is 6.42 Å². The standard InChI is InChI=1S/C24H24/c1-2-3-13-21-14-7-9-16-23(21)24-17-10-8-15-22(24)19-18-20-11-5-4-6-12-20/h4-12,14-19H,2-3,13H2,1H3/b19-18+. The molecule has 0 bridgehead atoms. The Kier molecular flexibility index (Phi) is 5.63. The van der Waals surface area contributed by atoms with Gasteiger partial charge in [0.05, 0.1) is 0 Å². The summed E-state index contributed by atoms with van der Waals surface area (Å²) in [7, 11) is 0. The zero-order valence-corrected chi connectivity index (χ0v) is 14.3. The second-order valence-electron chi connectivity index (χ2n) is 6.09. The second-order valence-corrected chi connectivity index (χ2v) is 6.09. The van der Waals surface area contributed by atoms with Crippen LogP contribution >= 0.6 is 0 Å². The smallest absolute Gasteiger partial charge is 0.0109 e. The van der Waals surface area contributed by atoms with Crippen molar-refractivity contribution in [3.8, 4) is 11.1 Å². The number of rotatable bonds is 6. The molecule has 0 fully saturated rings. The molecule has 0 aliphatic heterocycles. The van der Waals surface area contributed by atoms with Crippen molar-refractivity contribution in [1.82, 2.24) is 0 Å². The summed E-state index contributed by atoms with van der Waals surface area (Å²) >= 11 is 0.